The molecule has 0 aliphatic carbocycles. The molecule has 3 heteroatoms. The number of nitrogens with zero attached hydrogens (tertiary/aromatic N) is 1. The molecule has 1 aromatic rings. The Labute approximate surface area is 129 Å². The van der Waals surface area contributed by atoms with Crippen LogP contribution in [0.25, 0.3) is 0 Å². The van der Waals surface area contributed by atoms with Crippen LogP contribution < -0.4 is 10.1 Å². The fourth-order valence-corrected chi connectivity index (χ4v) is 2.86. The predicted octanol–water partition coefficient (Wildman–Crippen LogP) is 3.30. The van der Waals surface area contributed by atoms with Gasteiger partial charge in [0.15, 0.2) is 0 Å². The van der Waals surface area contributed by atoms with Crippen molar-refractivity contribution in [2.75, 3.05) is 33.3 Å². The fourth-order valence-electron chi connectivity index (χ4n) is 2.86. The van der Waals surface area contributed by atoms with E-state index >= 15 is 0 Å². The SMILES string of the molecule is CCCCCOc1ccc(CNCC2CCN(C)C2)cc1. The van der Waals surface area contributed by atoms with Gasteiger partial charge in [-0.05, 0) is 56.6 Å². The normalized spacial score (nSPS) is 19.0. The van der Waals surface area contributed by atoms with Crippen molar-refractivity contribution in [1.29, 1.82) is 0 Å². The first kappa shape index (κ1) is 16.3. The van der Waals surface area contributed by atoms with Crippen molar-refractivity contribution in [2.24, 2.45) is 5.92 Å². The van der Waals surface area contributed by atoms with Crippen LogP contribution in [0, 0.1) is 5.92 Å². The zero-order chi connectivity index (χ0) is 14.9. The molecule has 0 radical (unpaired) electrons. The van der Waals surface area contributed by atoms with Crippen molar-refractivity contribution in [2.45, 2.75) is 39.2 Å². The van der Waals surface area contributed by atoms with Crippen molar-refractivity contribution >= 4 is 0 Å². The highest BCUT2D eigenvalue weighted by atomic mass is 16.5. The van der Waals surface area contributed by atoms with E-state index < -0.39 is 0 Å². The van der Waals surface area contributed by atoms with Gasteiger partial charge < -0.3 is 15.0 Å². The average Bonchev–Trinajstić information content (AvgIpc) is 2.91. The summed E-state index contributed by atoms with van der Waals surface area (Å²) in [5.41, 5.74) is 1.34. The van der Waals surface area contributed by atoms with Crippen molar-refractivity contribution in [1.82, 2.24) is 10.2 Å². The minimum absolute atomic E-state index is 0.816. The van der Waals surface area contributed by atoms with Gasteiger partial charge in [-0.25, -0.2) is 0 Å². The van der Waals surface area contributed by atoms with Crippen LogP contribution in [0.3, 0.4) is 0 Å². The van der Waals surface area contributed by atoms with Crippen LogP contribution in [0.15, 0.2) is 24.3 Å². The second-order valence-corrected chi connectivity index (χ2v) is 6.25. The molecule has 1 saturated heterocycles. The van der Waals surface area contributed by atoms with Crippen LogP contribution in [0.4, 0.5) is 0 Å². The van der Waals surface area contributed by atoms with Crippen molar-refractivity contribution in [3.63, 3.8) is 0 Å². The maximum absolute atomic E-state index is 5.73. The molecular formula is C18H30N2O. The summed E-state index contributed by atoms with van der Waals surface area (Å²) in [5.74, 6) is 1.81. The largest absolute Gasteiger partial charge is 0.494 e. The number of benzene rings is 1. The van der Waals surface area contributed by atoms with Gasteiger partial charge in [-0.15, -0.1) is 0 Å². The monoisotopic (exact) mass is 290 g/mol. The number of likely N-dealkylation sites (tertiary alicyclic amines) is 1. The Kier molecular flexibility index (Phi) is 7.04. The number of nitrogens with one attached hydrogen (secondary N) is 1. The molecule has 0 spiro atoms. The summed E-state index contributed by atoms with van der Waals surface area (Å²) in [5, 5.41) is 3.58. The van der Waals surface area contributed by atoms with E-state index in [9.17, 15) is 0 Å². The predicted molar refractivity (Wildman–Crippen MR) is 88.8 cm³/mol. The van der Waals surface area contributed by atoms with Crippen LogP contribution >= 0.6 is 0 Å². The lowest BCUT2D eigenvalue weighted by atomic mass is 10.1. The summed E-state index contributed by atoms with van der Waals surface area (Å²) in [4.78, 5) is 2.41. The molecule has 118 valence electrons. The number of hydrogen-bond acceptors (Lipinski definition) is 3. The number of rotatable bonds is 9. The van der Waals surface area contributed by atoms with Crippen molar-refractivity contribution in [3.8, 4) is 5.75 Å². The third-order valence-corrected chi connectivity index (χ3v) is 4.19. The molecule has 0 saturated carbocycles. The second kappa shape index (κ2) is 9.06. The lowest BCUT2D eigenvalue weighted by Gasteiger charge is -2.12. The Morgan fingerprint density at radius 1 is 1.24 bits per heavy atom. The topological polar surface area (TPSA) is 24.5 Å². The van der Waals surface area contributed by atoms with E-state index in [2.05, 4.69) is 48.5 Å². The zero-order valence-electron chi connectivity index (χ0n) is 13.6. The molecule has 1 heterocycles. The van der Waals surface area contributed by atoms with Crippen LogP contribution in [0.5, 0.6) is 5.75 Å². The van der Waals surface area contributed by atoms with Gasteiger partial charge >= 0.3 is 0 Å². The Morgan fingerprint density at radius 3 is 2.71 bits per heavy atom. The minimum Gasteiger partial charge on any atom is -0.494 e. The van der Waals surface area contributed by atoms with E-state index in [4.69, 9.17) is 4.74 Å². The van der Waals surface area contributed by atoms with Gasteiger partial charge in [0, 0.05) is 13.1 Å². The molecule has 1 fully saturated rings. The number of unbranched alkanes of at least 4 members (excludes halogenated alkanes) is 2. The standard InChI is InChI=1S/C18H30N2O/c1-3-4-5-12-21-18-8-6-16(7-9-18)13-19-14-17-10-11-20(2)15-17/h6-9,17,19H,3-5,10-15H2,1-2H3. The van der Waals surface area contributed by atoms with Gasteiger partial charge in [0.05, 0.1) is 6.61 Å². The zero-order valence-corrected chi connectivity index (χ0v) is 13.6. The summed E-state index contributed by atoms with van der Waals surface area (Å²) in [7, 11) is 2.21. The summed E-state index contributed by atoms with van der Waals surface area (Å²) in [6.07, 6.45) is 4.97. The van der Waals surface area contributed by atoms with E-state index in [-0.39, 0.29) is 0 Å². The Bertz CT molecular complexity index is 391. The number of hydrogen-bond donors (Lipinski definition) is 1. The molecule has 1 N–H and O–H groups in total. The molecule has 0 aromatic heterocycles. The van der Waals surface area contributed by atoms with Gasteiger partial charge in [-0.1, -0.05) is 31.9 Å². The van der Waals surface area contributed by atoms with Gasteiger partial charge in [0.1, 0.15) is 5.75 Å². The molecule has 1 atom stereocenters. The molecule has 1 aliphatic rings. The lowest BCUT2D eigenvalue weighted by Crippen LogP contribution is -2.24. The molecular weight excluding hydrogens is 260 g/mol. The van der Waals surface area contributed by atoms with Crippen LogP contribution in [-0.4, -0.2) is 38.2 Å². The first-order valence-corrected chi connectivity index (χ1v) is 8.39. The van der Waals surface area contributed by atoms with Gasteiger partial charge in [0.25, 0.3) is 0 Å². The van der Waals surface area contributed by atoms with Crippen LogP contribution in [-0.2, 0) is 6.54 Å². The average molecular weight is 290 g/mol. The highest BCUT2D eigenvalue weighted by Crippen LogP contribution is 2.15. The highest BCUT2D eigenvalue weighted by Gasteiger charge is 2.18. The van der Waals surface area contributed by atoms with E-state index in [1.165, 1.54) is 37.9 Å². The third-order valence-electron chi connectivity index (χ3n) is 4.19. The first-order chi connectivity index (χ1) is 10.3. The van der Waals surface area contributed by atoms with Gasteiger partial charge in [0.2, 0.25) is 0 Å². The van der Waals surface area contributed by atoms with E-state index in [0.717, 1.165) is 37.8 Å². The van der Waals surface area contributed by atoms with Crippen LogP contribution in [0.2, 0.25) is 0 Å². The molecule has 2 rings (SSSR count). The van der Waals surface area contributed by atoms with Crippen molar-refractivity contribution in [3.05, 3.63) is 29.8 Å². The van der Waals surface area contributed by atoms with Gasteiger partial charge in [-0.2, -0.15) is 0 Å². The van der Waals surface area contributed by atoms with Crippen LogP contribution in [0.1, 0.15) is 38.2 Å². The summed E-state index contributed by atoms with van der Waals surface area (Å²) in [6, 6.07) is 8.52. The fraction of sp³-hybridized carbons (Fsp3) is 0.667. The Balaban J connectivity index is 1.62. The summed E-state index contributed by atoms with van der Waals surface area (Å²) in [6.45, 7) is 7.61. The summed E-state index contributed by atoms with van der Waals surface area (Å²) >= 11 is 0. The van der Waals surface area contributed by atoms with Crippen molar-refractivity contribution < 1.29 is 4.74 Å². The minimum atomic E-state index is 0.816. The molecule has 1 aromatic carbocycles. The molecule has 1 unspecified atom stereocenters. The highest BCUT2D eigenvalue weighted by molar-refractivity contribution is 5.27. The molecule has 0 amide bonds. The smallest absolute Gasteiger partial charge is 0.119 e. The second-order valence-electron chi connectivity index (χ2n) is 6.25. The molecule has 0 bridgehead atoms. The van der Waals surface area contributed by atoms with Gasteiger partial charge in [-0.3, -0.25) is 0 Å². The molecule has 1 aliphatic heterocycles. The first-order valence-electron chi connectivity index (χ1n) is 8.39. The third kappa shape index (κ3) is 6.06. The lowest BCUT2D eigenvalue weighted by molar-refractivity contribution is 0.306. The summed E-state index contributed by atoms with van der Waals surface area (Å²) < 4.78 is 5.73. The van der Waals surface area contributed by atoms with E-state index in [1.54, 1.807) is 0 Å². The number of ether oxygens (including phenoxy) is 1. The quantitative estimate of drug-likeness (QED) is 0.706. The Hall–Kier alpha value is -1.06. The maximum atomic E-state index is 5.73. The maximum Gasteiger partial charge on any atom is 0.119 e. The van der Waals surface area contributed by atoms with E-state index in [1.807, 2.05) is 0 Å². The Morgan fingerprint density at radius 2 is 2.05 bits per heavy atom. The molecule has 21 heavy (non-hydrogen) atoms. The molecule has 3 nitrogen and oxygen atoms in total. The van der Waals surface area contributed by atoms with E-state index in [0.29, 0.717) is 0 Å².